The summed E-state index contributed by atoms with van der Waals surface area (Å²) in [6, 6.07) is 1.46. The molecule has 4 atom stereocenters. The van der Waals surface area contributed by atoms with E-state index in [1.165, 1.54) is 10.8 Å². The SMILES string of the molecule is C1CO[C@@H]2CNC[C@@H]2N1.O=C(O)c1cn(C2CC2)c2c(F)c(N3C[C@@H]4NCCO[C@@H]4C3)c(F)cc2c1=O. The molecule has 5 aliphatic rings. The summed E-state index contributed by atoms with van der Waals surface area (Å²) in [4.78, 5) is 25.6. The number of anilines is 1. The van der Waals surface area contributed by atoms with Gasteiger partial charge in [-0.3, -0.25) is 4.79 Å². The van der Waals surface area contributed by atoms with Crippen LogP contribution in [-0.4, -0.2) is 92.4 Å². The maximum atomic E-state index is 15.6. The molecule has 12 heteroatoms. The standard InChI is InChI=1S/C19H19F2N3O4.C6H12N2O/c20-12-5-10-16(24(9-1-2-9)6-11(18(10)25)19(26)27)15(21)17(12)23-7-13-14(8-23)28-4-3-22-13;1-2-9-6-4-7-3-5(6)8-1/h5-6,9,13-14,22H,1-4,7-8H2,(H,26,27);5-8H,1-4H2/t13-,14+;5-,6+/m00/s1. The minimum Gasteiger partial charge on any atom is -0.477 e. The summed E-state index contributed by atoms with van der Waals surface area (Å²) in [7, 11) is 0. The van der Waals surface area contributed by atoms with Gasteiger partial charge in [0.2, 0.25) is 5.43 Å². The number of fused-ring (bicyclic) bond motifs is 3. The number of carboxylic acids is 1. The highest BCUT2D eigenvalue weighted by molar-refractivity contribution is 5.94. The summed E-state index contributed by atoms with van der Waals surface area (Å²) in [5.74, 6) is -3.10. The normalized spacial score (nSPS) is 29.0. The Morgan fingerprint density at radius 1 is 1.03 bits per heavy atom. The summed E-state index contributed by atoms with van der Waals surface area (Å²) in [5.41, 5.74) is -1.57. The van der Waals surface area contributed by atoms with E-state index in [0.717, 1.165) is 45.1 Å². The predicted octanol–water partition coefficient (Wildman–Crippen LogP) is 0.436. The minimum atomic E-state index is -1.40. The highest BCUT2D eigenvalue weighted by Gasteiger charge is 2.39. The minimum absolute atomic E-state index is 0.0109. The van der Waals surface area contributed by atoms with Gasteiger partial charge in [-0.05, 0) is 18.9 Å². The molecule has 200 valence electrons. The number of morpholine rings is 2. The zero-order valence-corrected chi connectivity index (χ0v) is 20.3. The van der Waals surface area contributed by atoms with Crippen molar-refractivity contribution in [2.45, 2.75) is 43.2 Å². The molecule has 0 unspecified atom stereocenters. The van der Waals surface area contributed by atoms with Crippen molar-refractivity contribution in [1.82, 2.24) is 20.5 Å². The Morgan fingerprint density at radius 2 is 1.76 bits per heavy atom. The lowest BCUT2D eigenvalue weighted by Crippen LogP contribution is -2.47. The quantitative estimate of drug-likeness (QED) is 0.458. The number of ether oxygens (including phenoxy) is 2. The van der Waals surface area contributed by atoms with Crippen LogP contribution in [0.4, 0.5) is 14.5 Å². The molecule has 0 radical (unpaired) electrons. The number of rotatable bonds is 3. The fourth-order valence-electron chi connectivity index (χ4n) is 5.78. The lowest BCUT2D eigenvalue weighted by atomic mass is 10.1. The van der Waals surface area contributed by atoms with Crippen LogP contribution in [0.25, 0.3) is 10.9 Å². The topological polar surface area (TPSA) is 117 Å². The van der Waals surface area contributed by atoms with Gasteiger partial charge in [0.15, 0.2) is 5.82 Å². The first-order chi connectivity index (χ1) is 17.9. The molecule has 7 rings (SSSR count). The first-order valence-electron chi connectivity index (χ1n) is 12.9. The largest absolute Gasteiger partial charge is 0.477 e. The zero-order chi connectivity index (χ0) is 25.7. The number of nitrogens with one attached hydrogen (secondary N) is 3. The molecule has 5 fully saturated rings. The molecule has 0 amide bonds. The fraction of sp³-hybridized carbons (Fsp3) is 0.600. The lowest BCUT2D eigenvalue weighted by molar-refractivity contribution is 0.0207. The molecule has 1 aliphatic carbocycles. The summed E-state index contributed by atoms with van der Waals surface area (Å²) in [6.45, 7) is 5.98. The van der Waals surface area contributed by atoms with Crippen molar-refractivity contribution in [3.63, 3.8) is 0 Å². The van der Waals surface area contributed by atoms with E-state index in [-0.39, 0.29) is 34.8 Å². The van der Waals surface area contributed by atoms with Crippen LogP contribution < -0.4 is 26.3 Å². The van der Waals surface area contributed by atoms with Gasteiger partial charge in [-0.2, -0.15) is 0 Å². The van der Waals surface area contributed by atoms with E-state index in [2.05, 4.69) is 16.0 Å². The van der Waals surface area contributed by atoms with E-state index in [4.69, 9.17) is 9.47 Å². The van der Waals surface area contributed by atoms with Crippen LogP contribution in [0.2, 0.25) is 0 Å². The van der Waals surface area contributed by atoms with Gasteiger partial charge in [0, 0.05) is 57.5 Å². The first-order valence-corrected chi connectivity index (χ1v) is 12.9. The Morgan fingerprint density at radius 3 is 2.43 bits per heavy atom. The molecular weight excluding hydrogens is 488 g/mol. The zero-order valence-electron chi connectivity index (χ0n) is 20.3. The van der Waals surface area contributed by atoms with Crippen molar-refractivity contribution < 1.29 is 28.2 Å². The van der Waals surface area contributed by atoms with Crippen molar-refractivity contribution in [2.24, 2.45) is 0 Å². The molecule has 1 aromatic carbocycles. The summed E-state index contributed by atoms with van der Waals surface area (Å²) < 4.78 is 43.1. The van der Waals surface area contributed by atoms with Crippen molar-refractivity contribution in [2.75, 3.05) is 57.4 Å². The Balaban J connectivity index is 0.000000235. The maximum Gasteiger partial charge on any atom is 0.341 e. The lowest BCUT2D eigenvalue weighted by Gasteiger charge is -2.25. The maximum absolute atomic E-state index is 15.6. The number of aromatic carboxylic acids is 1. The molecule has 37 heavy (non-hydrogen) atoms. The first kappa shape index (κ1) is 24.7. The number of carbonyl (C=O) groups is 1. The van der Waals surface area contributed by atoms with Gasteiger partial charge in [0.05, 0.1) is 42.4 Å². The highest BCUT2D eigenvalue weighted by Crippen LogP contribution is 2.40. The molecule has 4 N–H and O–H groups in total. The number of halogens is 2. The van der Waals surface area contributed by atoms with Gasteiger partial charge in [-0.1, -0.05) is 0 Å². The van der Waals surface area contributed by atoms with E-state index in [0.29, 0.717) is 38.4 Å². The van der Waals surface area contributed by atoms with Crippen LogP contribution in [0.5, 0.6) is 0 Å². The fourth-order valence-corrected chi connectivity index (χ4v) is 5.78. The number of hydrogen-bond acceptors (Lipinski definition) is 8. The van der Waals surface area contributed by atoms with Crippen molar-refractivity contribution >= 4 is 22.6 Å². The van der Waals surface area contributed by atoms with Crippen LogP contribution in [0.1, 0.15) is 29.2 Å². The van der Waals surface area contributed by atoms with Crippen LogP contribution in [0.3, 0.4) is 0 Å². The Labute approximate surface area is 211 Å². The smallest absolute Gasteiger partial charge is 0.341 e. The van der Waals surface area contributed by atoms with Crippen molar-refractivity contribution in [3.8, 4) is 0 Å². The van der Waals surface area contributed by atoms with Gasteiger partial charge in [0.1, 0.15) is 17.1 Å². The number of hydrogen-bond donors (Lipinski definition) is 4. The predicted molar refractivity (Wildman–Crippen MR) is 131 cm³/mol. The molecule has 4 saturated heterocycles. The molecule has 5 heterocycles. The summed E-state index contributed by atoms with van der Waals surface area (Å²) in [5, 5.41) is 19.0. The van der Waals surface area contributed by atoms with E-state index in [9.17, 15) is 19.1 Å². The van der Waals surface area contributed by atoms with Gasteiger partial charge < -0.3 is 40.0 Å². The summed E-state index contributed by atoms with van der Waals surface area (Å²) in [6.07, 6.45) is 3.00. The molecule has 1 saturated carbocycles. The molecule has 0 bridgehead atoms. The average Bonchev–Trinajstić information content (AvgIpc) is 3.46. The van der Waals surface area contributed by atoms with E-state index >= 15 is 4.39 Å². The third kappa shape index (κ3) is 4.61. The number of nitrogens with zero attached hydrogens (tertiary/aromatic N) is 2. The average molecular weight is 520 g/mol. The Bertz CT molecular complexity index is 1240. The van der Waals surface area contributed by atoms with Gasteiger partial charge in [-0.15, -0.1) is 0 Å². The van der Waals surface area contributed by atoms with E-state index in [1.807, 2.05) is 0 Å². The Kier molecular flexibility index (Phi) is 6.61. The molecular formula is C25H31F2N5O5. The van der Waals surface area contributed by atoms with Crippen LogP contribution >= 0.6 is 0 Å². The van der Waals surface area contributed by atoms with Crippen LogP contribution in [0, 0.1) is 11.6 Å². The molecule has 1 aromatic heterocycles. The Hall–Kier alpha value is -2.64. The molecule has 0 spiro atoms. The monoisotopic (exact) mass is 519 g/mol. The van der Waals surface area contributed by atoms with Gasteiger partial charge in [0.25, 0.3) is 0 Å². The van der Waals surface area contributed by atoms with Crippen LogP contribution in [0.15, 0.2) is 17.1 Å². The number of pyridine rings is 1. The molecule has 2 aromatic rings. The second-order valence-electron chi connectivity index (χ2n) is 10.2. The third-order valence-corrected chi connectivity index (χ3v) is 7.78. The number of benzene rings is 1. The van der Waals surface area contributed by atoms with E-state index < -0.39 is 28.6 Å². The van der Waals surface area contributed by atoms with Crippen molar-refractivity contribution in [3.05, 3.63) is 39.7 Å². The number of carboxylic acid groups (broad SMARTS) is 1. The molecule has 4 aliphatic heterocycles. The van der Waals surface area contributed by atoms with Crippen molar-refractivity contribution in [1.29, 1.82) is 0 Å². The van der Waals surface area contributed by atoms with Crippen LogP contribution in [-0.2, 0) is 9.47 Å². The van der Waals surface area contributed by atoms with Gasteiger partial charge >= 0.3 is 5.97 Å². The third-order valence-electron chi connectivity index (χ3n) is 7.78. The second kappa shape index (κ2) is 9.91. The van der Waals surface area contributed by atoms with E-state index in [1.54, 1.807) is 4.90 Å². The second-order valence-corrected chi connectivity index (χ2v) is 10.2. The van der Waals surface area contributed by atoms with Gasteiger partial charge in [-0.25, -0.2) is 13.6 Å². The molecule has 10 nitrogen and oxygen atoms in total. The summed E-state index contributed by atoms with van der Waals surface area (Å²) >= 11 is 0. The number of aromatic nitrogens is 1. The highest BCUT2D eigenvalue weighted by atomic mass is 19.1.